The van der Waals surface area contributed by atoms with Gasteiger partial charge >= 0.3 is 6.18 Å². The zero-order chi connectivity index (χ0) is 14.6. The third kappa shape index (κ3) is 4.49. The third-order valence-corrected chi connectivity index (χ3v) is 5.17. The molecule has 0 aromatic heterocycles. The Labute approximate surface area is 120 Å². The van der Waals surface area contributed by atoms with Gasteiger partial charge in [-0.15, -0.1) is 0 Å². The van der Waals surface area contributed by atoms with E-state index in [1.807, 2.05) is 11.8 Å². The van der Waals surface area contributed by atoms with Crippen LogP contribution in [0.2, 0.25) is 0 Å². The highest BCUT2D eigenvalue weighted by atomic mass is 32.2. The zero-order valence-electron chi connectivity index (χ0n) is 11.2. The van der Waals surface area contributed by atoms with Crippen LogP contribution in [0.3, 0.4) is 0 Å². The summed E-state index contributed by atoms with van der Waals surface area (Å²) in [5.41, 5.74) is 2.51. The molecule has 2 saturated heterocycles. The molecule has 3 unspecified atom stereocenters. The van der Waals surface area contributed by atoms with E-state index in [-0.39, 0.29) is 24.2 Å². The number of thioether (sulfide) groups is 1. The van der Waals surface area contributed by atoms with Crippen molar-refractivity contribution in [3.05, 3.63) is 0 Å². The van der Waals surface area contributed by atoms with E-state index < -0.39 is 12.8 Å². The van der Waals surface area contributed by atoms with E-state index in [0.29, 0.717) is 6.61 Å². The van der Waals surface area contributed by atoms with Gasteiger partial charge in [0.2, 0.25) is 0 Å². The van der Waals surface area contributed by atoms with Crippen molar-refractivity contribution in [1.29, 1.82) is 0 Å². The summed E-state index contributed by atoms with van der Waals surface area (Å²) in [7, 11) is 0. The van der Waals surface area contributed by atoms with Crippen LogP contribution in [0.15, 0.2) is 0 Å². The van der Waals surface area contributed by atoms with Crippen molar-refractivity contribution in [2.75, 3.05) is 31.3 Å². The Hall–Kier alpha value is -0.0200. The number of hydrogen-bond acceptors (Lipinski definition) is 5. The van der Waals surface area contributed by atoms with Crippen LogP contribution in [0.5, 0.6) is 0 Å². The fourth-order valence-corrected chi connectivity index (χ4v) is 4.27. The van der Waals surface area contributed by atoms with Gasteiger partial charge in [0, 0.05) is 18.4 Å². The van der Waals surface area contributed by atoms with Crippen LogP contribution in [0.4, 0.5) is 13.2 Å². The molecule has 2 fully saturated rings. The summed E-state index contributed by atoms with van der Waals surface area (Å²) in [6, 6.07) is -0.260. The van der Waals surface area contributed by atoms with E-state index in [0.717, 1.165) is 30.8 Å². The summed E-state index contributed by atoms with van der Waals surface area (Å²) in [4.78, 5) is 0. The third-order valence-electron chi connectivity index (χ3n) is 3.94. The lowest BCUT2D eigenvalue weighted by Gasteiger charge is -2.40. The smallest absolute Gasteiger partial charge is 0.374 e. The number of nitrogens with two attached hydrogens (primary N) is 1. The van der Waals surface area contributed by atoms with E-state index in [9.17, 15) is 13.2 Å². The van der Waals surface area contributed by atoms with Crippen molar-refractivity contribution in [1.82, 2.24) is 5.43 Å². The standard InChI is InChI=1S/C12H21F3N2O2S/c13-12(14,15)7-18-6-10(17-16)9-1-3-19-11(5-9)2-4-20-8-11/h9-10,17H,1-8,16H2. The Morgan fingerprint density at radius 2 is 2.30 bits per heavy atom. The molecule has 0 aliphatic carbocycles. The number of alkyl halides is 3. The molecule has 2 heterocycles. The second-order valence-electron chi connectivity index (χ2n) is 5.49. The number of rotatable bonds is 5. The summed E-state index contributed by atoms with van der Waals surface area (Å²) >= 11 is 1.87. The van der Waals surface area contributed by atoms with Crippen molar-refractivity contribution in [3.8, 4) is 0 Å². The van der Waals surface area contributed by atoms with Crippen molar-refractivity contribution in [2.45, 2.75) is 37.1 Å². The highest BCUT2D eigenvalue weighted by Crippen LogP contribution is 2.41. The zero-order valence-corrected chi connectivity index (χ0v) is 12.1. The second-order valence-corrected chi connectivity index (χ2v) is 6.60. The molecule has 0 radical (unpaired) electrons. The molecule has 0 bridgehead atoms. The summed E-state index contributed by atoms with van der Waals surface area (Å²) in [6.45, 7) is -0.609. The Balaban J connectivity index is 1.83. The Morgan fingerprint density at radius 3 is 2.90 bits per heavy atom. The van der Waals surface area contributed by atoms with Gasteiger partial charge in [-0.05, 0) is 30.9 Å². The fourth-order valence-electron chi connectivity index (χ4n) is 2.89. The highest BCUT2D eigenvalue weighted by molar-refractivity contribution is 7.99. The van der Waals surface area contributed by atoms with Crippen molar-refractivity contribution in [3.63, 3.8) is 0 Å². The van der Waals surface area contributed by atoms with E-state index in [2.05, 4.69) is 5.43 Å². The van der Waals surface area contributed by atoms with Crippen molar-refractivity contribution < 1.29 is 22.6 Å². The molecule has 2 aliphatic rings. The van der Waals surface area contributed by atoms with E-state index in [1.54, 1.807) is 0 Å². The number of hydrazine groups is 1. The molecule has 118 valence electrons. The topological polar surface area (TPSA) is 56.5 Å². The molecule has 3 atom stereocenters. The first-order chi connectivity index (χ1) is 9.44. The largest absolute Gasteiger partial charge is 0.411 e. The molecular formula is C12H21F3N2O2S. The van der Waals surface area contributed by atoms with Gasteiger partial charge in [0.05, 0.1) is 12.2 Å². The highest BCUT2D eigenvalue weighted by Gasteiger charge is 2.42. The lowest BCUT2D eigenvalue weighted by Crippen LogP contribution is -2.51. The number of ether oxygens (including phenoxy) is 2. The molecule has 3 N–H and O–H groups in total. The molecule has 0 aromatic carbocycles. The van der Waals surface area contributed by atoms with Gasteiger partial charge in [-0.3, -0.25) is 11.3 Å². The summed E-state index contributed by atoms with van der Waals surface area (Å²) in [5.74, 6) is 7.72. The molecule has 1 spiro atoms. The molecule has 0 saturated carbocycles. The fraction of sp³-hybridized carbons (Fsp3) is 1.00. The maximum atomic E-state index is 12.1. The predicted octanol–water partition coefficient (Wildman–Crippen LogP) is 1.70. The normalized spacial score (nSPS) is 32.7. The van der Waals surface area contributed by atoms with Crippen molar-refractivity contribution >= 4 is 11.8 Å². The number of halogens is 3. The van der Waals surface area contributed by atoms with Crippen LogP contribution in [-0.2, 0) is 9.47 Å². The van der Waals surface area contributed by atoms with Gasteiger partial charge < -0.3 is 9.47 Å². The average Bonchev–Trinajstić information content (AvgIpc) is 2.81. The van der Waals surface area contributed by atoms with Gasteiger partial charge in [0.15, 0.2) is 0 Å². The molecular weight excluding hydrogens is 293 g/mol. The van der Waals surface area contributed by atoms with Gasteiger partial charge in [0.25, 0.3) is 0 Å². The van der Waals surface area contributed by atoms with Gasteiger partial charge in [-0.25, -0.2) is 0 Å². The van der Waals surface area contributed by atoms with Crippen molar-refractivity contribution in [2.24, 2.45) is 11.8 Å². The van der Waals surface area contributed by atoms with E-state index in [1.165, 1.54) is 0 Å². The molecule has 0 amide bonds. The molecule has 0 aromatic rings. The first kappa shape index (κ1) is 16.4. The van der Waals surface area contributed by atoms with Crippen LogP contribution in [0.1, 0.15) is 19.3 Å². The van der Waals surface area contributed by atoms with Gasteiger partial charge in [0.1, 0.15) is 6.61 Å². The maximum absolute atomic E-state index is 12.1. The SMILES string of the molecule is NNC(COCC(F)(F)F)C1CCOC2(CCSC2)C1. The Kier molecular flexibility index (Phi) is 5.58. The summed E-state index contributed by atoms with van der Waals surface area (Å²) in [5, 5.41) is 0. The minimum atomic E-state index is -4.29. The molecule has 20 heavy (non-hydrogen) atoms. The average molecular weight is 314 g/mol. The first-order valence-electron chi connectivity index (χ1n) is 6.76. The van der Waals surface area contributed by atoms with Crippen LogP contribution >= 0.6 is 11.8 Å². The quantitative estimate of drug-likeness (QED) is 0.597. The van der Waals surface area contributed by atoms with Crippen LogP contribution in [-0.4, -0.2) is 49.1 Å². The lowest BCUT2D eigenvalue weighted by molar-refractivity contribution is -0.177. The monoisotopic (exact) mass is 314 g/mol. The minimum Gasteiger partial charge on any atom is -0.374 e. The lowest BCUT2D eigenvalue weighted by atomic mass is 9.81. The molecule has 8 heteroatoms. The van der Waals surface area contributed by atoms with Crippen LogP contribution in [0, 0.1) is 5.92 Å². The predicted molar refractivity (Wildman–Crippen MR) is 71.3 cm³/mol. The summed E-state index contributed by atoms with van der Waals surface area (Å²) < 4.78 is 46.9. The Bertz CT molecular complexity index is 312. The first-order valence-corrected chi connectivity index (χ1v) is 7.92. The molecule has 2 aliphatic heterocycles. The number of hydrogen-bond donors (Lipinski definition) is 2. The van der Waals surface area contributed by atoms with Crippen LogP contribution in [0.25, 0.3) is 0 Å². The minimum absolute atomic E-state index is 0.0239. The molecule has 4 nitrogen and oxygen atoms in total. The van der Waals surface area contributed by atoms with E-state index >= 15 is 0 Å². The second kappa shape index (κ2) is 6.83. The Morgan fingerprint density at radius 1 is 1.50 bits per heavy atom. The molecule has 2 rings (SSSR count). The maximum Gasteiger partial charge on any atom is 0.411 e. The van der Waals surface area contributed by atoms with Gasteiger partial charge in [-0.1, -0.05) is 0 Å². The van der Waals surface area contributed by atoms with Crippen LogP contribution < -0.4 is 11.3 Å². The summed E-state index contributed by atoms with van der Waals surface area (Å²) in [6.07, 6.45) is -1.64. The number of nitrogens with one attached hydrogen (secondary N) is 1. The van der Waals surface area contributed by atoms with E-state index in [4.69, 9.17) is 15.3 Å². The van der Waals surface area contributed by atoms with Gasteiger partial charge in [-0.2, -0.15) is 24.9 Å².